The van der Waals surface area contributed by atoms with E-state index in [4.69, 9.17) is 0 Å². The number of rotatable bonds is 0. The maximum Gasteiger partial charge on any atom is 0.263 e. The van der Waals surface area contributed by atoms with Crippen molar-refractivity contribution in [3.63, 3.8) is 0 Å². The summed E-state index contributed by atoms with van der Waals surface area (Å²) in [6.45, 7) is 0.754. The molecule has 10 heavy (non-hydrogen) atoms. The summed E-state index contributed by atoms with van der Waals surface area (Å²) in [4.78, 5) is 11.8. The fourth-order valence-electron chi connectivity index (χ4n) is 1.02. The van der Waals surface area contributed by atoms with Crippen LogP contribution in [-0.2, 0) is 6.42 Å². The first-order chi connectivity index (χ1) is 4.88. The van der Waals surface area contributed by atoms with Gasteiger partial charge in [0.25, 0.3) is 5.91 Å². The highest BCUT2D eigenvalue weighted by molar-refractivity contribution is 7.08. The Kier molecular flexibility index (Phi) is 1.20. The molecule has 1 N–H and O–H groups in total. The lowest BCUT2D eigenvalue weighted by Crippen LogP contribution is -2.30. The highest BCUT2D eigenvalue weighted by Crippen LogP contribution is 2.16. The van der Waals surface area contributed by atoms with Gasteiger partial charge in [0.15, 0.2) is 0 Å². The second-order valence-corrected chi connectivity index (χ2v) is 2.99. The molecule has 4 heteroatoms. The standard InChI is InChI=1S/C6H6N2OS/c9-6-5-4(1-2-7-6)3-8-10-5/h3H,1-2H2,(H,7,9). The van der Waals surface area contributed by atoms with Crippen LogP contribution in [0.25, 0.3) is 0 Å². The van der Waals surface area contributed by atoms with Crippen LogP contribution < -0.4 is 5.32 Å². The number of carbonyl (C=O) groups excluding carboxylic acids is 1. The molecule has 0 saturated carbocycles. The van der Waals surface area contributed by atoms with Crippen molar-refractivity contribution in [1.29, 1.82) is 0 Å². The molecular formula is C6H6N2OS. The molecule has 1 aliphatic rings. The molecule has 2 heterocycles. The van der Waals surface area contributed by atoms with Crippen molar-refractivity contribution in [2.45, 2.75) is 6.42 Å². The zero-order valence-corrected chi connectivity index (χ0v) is 6.07. The lowest BCUT2D eigenvalue weighted by Gasteiger charge is -2.09. The minimum atomic E-state index is 0.0313. The van der Waals surface area contributed by atoms with Crippen LogP contribution in [0.15, 0.2) is 6.20 Å². The maximum absolute atomic E-state index is 11.0. The monoisotopic (exact) mass is 154 g/mol. The minimum absolute atomic E-state index is 0.0313. The number of aromatic nitrogens is 1. The van der Waals surface area contributed by atoms with Crippen molar-refractivity contribution >= 4 is 17.4 Å². The maximum atomic E-state index is 11.0. The first-order valence-electron chi connectivity index (χ1n) is 3.09. The summed E-state index contributed by atoms with van der Waals surface area (Å²) in [6, 6.07) is 0. The van der Waals surface area contributed by atoms with Gasteiger partial charge in [-0.2, -0.15) is 0 Å². The summed E-state index contributed by atoms with van der Waals surface area (Å²) in [5, 5.41) is 2.76. The second kappa shape index (κ2) is 2.05. The van der Waals surface area contributed by atoms with Gasteiger partial charge in [-0.05, 0) is 23.5 Å². The van der Waals surface area contributed by atoms with Gasteiger partial charge in [0.2, 0.25) is 0 Å². The normalized spacial score (nSPS) is 16.2. The highest BCUT2D eigenvalue weighted by atomic mass is 32.1. The summed E-state index contributed by atoms with van der Waals surface area (Å²) in [5.41, 5.74) is 1.09. The van der Waals surface area contributed by atoms with Gasteiger partial charge < -0.3 is 5.32 Å². The molecule has 1 amide bonds. The summed E-state index contributed by atoms with van der Waals surface area (Å²) >= 11 is 1.27. The van der Waals surface area contributed by atoms with Gasteiger partial charge >= 0.3 is 0 Å². The molecule has 1 aromatic heterocycles. The SMILES string of the molecule is O=C1NCCc2cnsc21. The van der Waals surface area contributed by atoms with Crippen molar-refractivity contribution in [1.82, 2.24) is 9.69 Å². The fourth-order valence-corrected chi connectivity index (χ4v) is 1.73. The van der Waals surface area contributed by atoms with Gasteiger partial charge in [-0.25, -0.2) is 4.37 Å². The lowest BCUT2D eigenvalue weighted by atomic mass is 10.1. The van der Waals surface area contributed by atoms with E-state index in [-0.39, 0.29) is 5.91 Å². The van der Waals surface area contributed by atoms with Crippen LogP contribution in [0.5, 0.6) is 0 Å². The largest absolute Gasteiger partial charge is 0.351 e. The van der Waals surface area contributed by atoms with E-state index in [1.165, 1.54) is 11.5 Å². The van der Waals surface area contributed by atoms with E-state index >= 15 is 0 Å². The Hall–Kier alpha value is -0.900. The third kappa shape index (κ3) is 0.724. The summed E-state index contributed by atoms with van der Waals surface area (Å²) in [6.07, 6.45) is 2.70. The summed E-state index contributed by atoms with van der Waals surface area (Å²) in [5.74, 6) is 0.0313. The molecule has 2 rings (SSSR count). The Labute approximate surface area is 62.2 Å². The molecule has 0 unspecified atom stereocenters. The van der Waals surface area contributed by atoms with Crippen LogP contribution in [0.2, 0.25) is 0 Å². The van der Waals surface area contributed by atoms with E-state index in [1.807, 2.05) is 0 Å². The van der Waals surface area contributed by atoms with E-state index in [0.29, 0.717) is 0 Å². The van der Waals surface area contributed by atoms with E-state index in [2.05, 4.69) is 9.69 Å². The Morgan fingerprint density at radius 3 is 3.40 bits per heavy atom. The van der Waals surface area contributed by atoms with E-state index in [9.17, 15) is 4.79 Å². The smallest absolute Gasteiger partial charge is 0.263 e. The van der Waals surface area contributed by atoms with Crippen molar-refractivity contribution in [3.05, 3.63) is 16.6 Å². The van der Waals surface area contributed by atoms with Gasteiger partial charge in [-0.3, -0.25) is 4.79 Å². The second-order valence-electron chi connectivity index (χ2n) is 2.19. The highest BCUT2D eigenvalue weighted by Gasteiger charge is 2.17. The van der Waals surface area contributed by atoms with E-state index in [1.54, 1.807) is 6.20 Å². The number of hydrogen-bond acceptors (Lipinski definition) is 3. The molecule has 0 atom stereocenters. The van der Waals surface area contributed by atoms with Crippen LogP contribution in [0, 0.1) is 0 Å². The first-order valence-corrected chi connectivity index (χ1v) is 3.87. The van der Waals surface area contributed by atoms with Crippen LogP contribution in [0.4, 0.5) is 0 Å². The quantitative estimate of drug-likeness (QED) is 0.588. The van der Waals surface area contributed by atoms with Crippen LogP contribution >= 0.6 is 11.5 Å². The van der Waals surface area contributed by atoms with E-state index in [0.717, 1.165) is 23.4 Å². The van der Waals surface area contributed by atoms with Gasteiger partial charge in [0.05, 0.1) is 0 Å². The molecule has 52 valence electrons. The topological polar surface area (TPSA) is 42.0 Å². The van der Waals surface area contributed by atoms with Crippen molar-refractivity contribution in [2.75, 3.05) is 6.54 Å². The predicted octanol–water partition coefficient (Wildman–Crippen LogP) is 0.429. The number of nitrogens with one attached hydrogen (secondary N) is 1. The average Bonchev–Trinajstić information content (AvgIpc) is 2.36. The zero-order chi connectivity index (χ0) is 6.97. The Balaban J connectivity index is 2.50. The van der Waals surface area contributed by atoms with Crippen molar-refractivity contribution < 1.29 is 4.79 Å². The lowest BCUT2D eigenvalue weighted by molar-refractivity contribution is 0.0950. The predicted molar refractivity (Wildman–Crippen MR) is 38.2 cm³/mol. The van der Waals surface area contributed by atoms with Crippen LogP contribution in [0.1, 0.15) is 15.2 Å². The van der Waals surface area contributed by atoms with Crippen LogP contribution in [0.3, 0.4) is 0 Å². The molecular weight excluding hydrogens is 148 g/mol. The molecule has 3 nitrogen and oxygen atoms in total. The summed E-state index contributed by atoms with van der Waals surface area (Å²) in [7, 11) is 0. The minimum Gasteiger partial charge on any atom is -0.351 e. The number of hydrogen-bond donors (Lipinski definition) is 1. The molecule has 0 saturated heterocycles. The molecule has 1 aliphatic heterocycles. The van der Waals surface area contributed by atoms with Gasteiger partial charge in [-0.15, -0.1) is 0 Å². The number of fused-ring (bicyclic) bond motifs is 1. The Morgan fingerprint density at radius 2 is 2.60 bits per heavy atom. The zero-order valence-electron chi connectivity index (χ0n) is 5.26. The number of nitrogens with zero attached hydrogens (tertiary/aromatic N) is 1. The van der Waals surface area contributed by atoms with Gasteiger partial charge in [0, 0.05) is 12.7 Å². The first kappa shape index (κ1) is 5.85. The van der Waals surface area contributed by atoms with Crippen LogP contribution in [-0.4, -0.2) is 16.8 Å². The average molecular weight is 154 g/mol. The molecule has 0 spiro atoms. The molecule has 0 bridgehead atoms. The third-order valence-corrected chi connectivity index (χ3v) is 2.37. The molecule has 0 radical (unpaired) electrons. The fraction of sp³-hybridized carbons (Fsp3) is 0.333. The Morgan fingerprint density at radius 1 is 1.70 bits per heavy atom. The Bertz CT molecular complexity index is 268. The van der Waals surface area contributed by atoms with Crippen molar-refractivity contribution in [2.24, 2.45) is 0 Å². The van der Waals surface area contributed by atoms with Crippen molar-refractivity contribution in [3.8, 4) is 0 Å². The summed E-state index contributed by atoms with van der Waals surface area (Å²) < 4.78 is 3.94. The van der Waals surface area contributed by atoms with Gasteiger partial charge in [0.1, 0.15) is 4.88 Å². The molecule has 0 fully saturated rings. The molecule has 0 aliphatic carbocycles. The molecule has 1 aromatic rings. The molecule has 0 aromatic carbocycles. The van der Waals surface area contributed by atoms with E-state index < -0.39 is 0 Å². The van der Waals surface area contributed by atoms with Gasteiger partial charge in [-0.1, -0.05) is 0 Å². The number of carbonyl (C=O) groups is 1. The number of amides is 1. The third-order valence-electron chi connectivity index (χ3n) is 1.53.